The quantitative estimate of drug-likeness (QED) is 0.593. The minimum absolute atomic E-state index is 0.0352. The fourth-order valence-corrected chi connectivity index (χ4v) is 3.04. The third-order valence-corrected chi connectivity index (χ3v) is 4.44. The highest BCUT2D eigenvalue weighted by Gasteiger charge is 2.19. The van der Waals surface area contributed by atoms with Gasteiger partial charge >= 0.3 is 6.03 Å². The molecule has 0 spiro atoms. The largest absolute Gasteiger partial charge is 0.473 e. The van der Waals surface area contributed by atoms with E-state index in [1.807, 2.05) is 54.6 Å². The second-order valence-corrected chi connectivity index (χ2v) is 7.70. The fourth-order valence-electron chi connectivity index (χ4n) is 3.04. The lowest BCUT2D eigenvalue weighted by Crippen LogP contribution is -2.32. The molecule has 0 aliphatic rings. The van der Waals surface area contributed by atoms with Crippen molar-refractivity contribution in [1.82, 2.24) is 5.32 Å². The number of aryl methyl sites for hydroxylation is 1. The summed E-state index contributed by atoms with van der Waals surface area (Å²) in [6, 6.07) is 19.6. The number of hydrogen-bond acceptors (Lipinski definition) is 2. The Bertz CT molecular complexity index is 953. The standard InChI is InChI=1S/C23H26N2O2/c1-16-12-13-21(19(14-16)23(2,3)4)27-15-24-22(26)25-20-11-7-9-17-8-5-6-10-18(17)20/h5-14H,15H2,1-4H3,(H2,24,25,26). The Balaban J connectivity index is 1.64. The van der Waals surface area contributed by atoms with Crippen molar-refractivity contribution in [3.8, 4) is 5.75 Å². The van der Waals surface area contributed by atoms with Gasteiger partial charge in [0.05, 0.1) is 5.69 Å². The van der Waals surface area contributed by atoms with Crippen molar-refractivity contribution in [3.05, 3.63) is 71.8 Å². The van der Waals surface area contributed by atoms with E-state index in [0.29, 0.717) is 0 Å². The molecule has 0 atom stereocenters. The summed E-state index contributed by atoms with van der Waals surface area (Å²) in [5.74, 6) is 0.790. The zero-order chi connectivity index (χ0) is 19.4. The topological polar surface area (TPSA) is 50.4 Å². The number of benzene rings is 3. The van der Waals surface area contributed by atoms with Gasteiger partial charge in [-0.05, 0) is 35.4 Å². The molecule has 4 heteroatoms. The number of carbonyl (C=O) groups excluding carboxylic acids is 1. The van der Waals surface area contributed by atoms with Gasteiger partial charge in [-0.15, -0.1) is 0 Å². The van der Waals surface area contributed by atoms with Gasteiger partial charge in [-0.1, -0.05) is 74.9 Å². The van der Waals surface area contributed by atoms with E-state index < -0.39 is 0 Å². The van der Waals surface area contributed by atoms with Crippen molar-refractivity contribution < 1.29 is 9.53 Å². The van der Waals surface area contributed by atoms with Crippen molar-refractivity contribution in [2.24, 2.45) is 0 Å². The second-order valence-electron chi connectivity index (χ2n) is 7.70. The van der Waals surface area contributed by atoms with Gasteiger partial charge in [-0.2, -0.15) is 0 Å². The maximum absolute atomic E-state index is 12.3. The molecule has 0 fully saturated rings. The molecule has 0 aromatic heterocycles. The van der Waals surface area contributed by atoms with Crippen molar-refractivity contribution in [1.29, 1.82) is 0 Å². The molecular formula is C23H26N2O2. The molecule has 0 heterocycles. The molecule has 140 valence electrons. The van der Waals surface area contributed by atoms with Crippen LogP contribution < -0.4 is 15.4 Å². The monoisotopic (exact) mass is 362 g/mol. The van der Waals surface area contributed by atoms with Crippen LogP contribution in [-0.4, -0.2) is 12.8 Å². The van der Waals surface area contributed by atoms with E-state index in [9.17, 15) is 4.79 Å². The van der Waals surface area contributed by atoms with Gasteiger partial charge in [0, 0.05) is 5.39 Å². The van der Waals surface area contributed by atoms with Crippen LogP contribution >= 0.6 is 0 Å². The summed E-state index contributed by atoms with van der Waals surface area (Å²) in [5.41, 5.74) is 3.05. The van der Waals surface area contributed by atoms with Gasteiger partial charge in [-0.25, -0.2) is 4.79 Å². The zero-order valence-electron chi connectivity index (χ0n) is 16.3. The second kappa shape index (κ2) is 7.70. The van der Waals surface area contributed by atoms with Gasteiger partial charge in [0.1, 0.15) is 5.75 Å². The van der Waals surface area contributed by atoms with Crippen LogP contribution in [0.15, 0.2) is 60.7 Å². The summed E-state index contributed by atoms with van der Waals surface area (Å²) in [5, 5.41) is 7.75. The summed E-state index contributed by atoms with van der Waals surface area (Å²) in [6.45, 7) is 8.61. The molecule has 0 aliphatic carbocycles. The molecule has 0 saturated carbocycles. The van der Waals surface area contributed by atoms with Crippen LogP contribution in [0.2, 0.25) is 0 Å². The Morgan fingerprint density at radius 1 is 1.00 bits per heavy atom. The molecule has 3 aromatic rings. The molecule has 0 bridgehead atoms. The van der Waals surface area contributed by atoms with Gasteiger partial charge in [0.15, 0.2) is 6.73 Å². The third-order valence-electron chi connectivity index (χ3n) is 4.44. The Labute approximate surface area is 160 Å². The van der Waals surface area contributed by atoms with Crippen molar-refractivity contribution in [3.63, 3.8) is 0 Å². The number of fused-ring (bicyclic) bond motifs is 1. The highest BCUT2D eigenvalue weighted by atomic mass is 16.5. The van der Waals surface area contributed by atoms with Crippen LogP contribution in [-0.2, 0) is 5.41 Å². The summed E-state index contributed by atoms with van der Waals surface area (Å²) in [7, 11) is 0. The number of carbonyl (C=O) groups is 1. The molecule has 3 rings (SSSR count). The first-order chi connectivity index (χ1) is 12.8. The van der Waals surface area contributed by atoms with E-state index in [0.717, 1.165) is 27.8 Å². The number of urea groups is 1. The lowest BCUT2D eigenvalue weighted by molar-refractivity contribution is 0.233. The lowest BCUT2D eigenvalue weighted by atomic mass is 9.85. The van der Waals surface area contributed by atoms with E-state index in [-0.39, 0.29) is 18.2 Å². The maximum Gasteiger partial charge on any atom is 0.321 e. The highest BCUT2D eigenvalue weighted by Crippen LogP contribution is 2.32. The molecule has 3 aromatic carbocycles. The SMILES string of the molecule is Cc1ccc(OCNC(=O)Nc2cccc3ccccc23)c(C(C)(C)C)c1. The number of anilines is 1. The lowest BCUT2D eigenvalue weighted by Gasteiger charge is -2.23. The van der Waals surface area contributed by atoms with Crippen molar-refractivity contribution in [2.75, 3.05) is 12.0 Å². The Morgan fingerprint density at radius 3 is 2.52 bits per heavy atom. The predicted molar refractivity (Wildman–Crippen MR) is 111 cm³/mol. The van der Waals surface area contributed by atoms with E-state index >= 15 is 0 Å². The summed E-state index contributed by atoms with van der Waals surface area (Å²) >= 11 is 0. The molecule has 0 saturated heterocycles. The van der Waals surface area contributed by atoms with Gasteiger partial charge in [-0.3, -0.25) is 0 Å². The van der Waals surface area contributed by atoms with Crippen LogP contribution in [0.5, 0.6) is 5.75 Å². The molecular weight excluding hydrogens is 336 g/mol. The van der Waals surface area contributed by atoms with E-state index in [1.165, 1.54) is 5.56 Å². The Hall–Kier alpha value is -3.01. The van der Waals surface area contributed by atoms with Crippen LogP contribution in [0, 0.1) is 6.92 Å². The smallest absolute Gasteiger partial charge is 0.321 e. The first kappa shape index (κ1) is 18.8. The molecule has 2 amide bonds. The fraction of sp³-hybridized carbons (Fsp3) is 0.261. The molecule has 27 heavy (non-hydrogen) atoms. The van der Waals surface area contributed by atoms with Crippen LogP contribution in [0.3, 0.4) is 0 Å². The number of amides is 2. The number of ether oxygens (including phenoxy) is 1. The average Bonchev–Trinajstić information content (AvgIpc) is 2.62. The highest BCUT2D eigenvalue weighted by molar-refractivity contribution is 6.01. The van der Waals surface area contributed by atoms with E-state index in [4.69, 9.17) is 4.74 Å². The first-order valence-corrected chi connectivity index (χ1v) is 9.11. The average molecular weight is 362 g/mol. The molecule has 0 radical (unpaired) electrons. The number of nitrogens with one attached hydrogen (secondary N) is 2. The maximum atomic E-state index is 12.3. The van der Waals surface area contributed by atoms with Crippen LogP contribution in [0.25, 0.3) is 10.8 Å². The van der Waals surface area contributed by atoms with Crippen molar-refractivity contribution in [2.45, 2.75) is 33.1 Å². The summed E-state index contributed by atoms with van der Waals surface area (Å²) in [6.07, 6.45) is 0. The summed E-state index contributed by atoms with van der Waals surface area (Å²) < 4.78 is 5.84. The van der Waals surface area contributed by atoms with Gasteiger partial charge in [0.2, 0.25) is 0 Å². The predicted octanol–water partition coefficient (Wildman–Crippen LogP) is 5.60. The number of rotatable bonds is 4. The minimum atomic E-state index is -0.296. The Morgan fingerprint density at radius 2 is 1.74 bits per heavy atom. The molecule has 0 aliphatic heterocycles. The number of hydrogen-bond donors (Lipinski definition) is 2. The summed E-state index contributed by atoms with van der Waals surface area (Å²) in [4.78, 5) is 12.3. The molecule has 4 nitrogen and oxygen atoms in total. The van der Waals surface area contributed by atoms with Crippen LogP contribution in [0.1, 0.15) is 31.9 Å². The van der Waals surface area contributed by atoms with Gasteiger partial charge in [0.25, 0.3) is 0 Å². The minimum Gasteiger partial charge on any atom is -0.473 e. The molecule has 2 N–H and O–H groups in total. The third kappa shape index (κ3) is 4.59. The molecule has 0 unspecified atom stereocenters. The normalized spacial score (nSPS) is 11.3. The van der Waals surface area contributed by atoms with Crippen LogP contribution in [0.4, 0.5) is 10.5 Å². The van der Waals surface area contributed by atoms with Gasteiger partial charge < -0.3 is 15.4 Å². The first-order valence-electron chi connectivity index (χ1n) is 9.11. The van der Waals surface area contributed by atoms with E-state index in [2.05, 4.69) is 44.4 Å². The Kier molecular flexibility index (Phi) is 5.36. The zero-order valence-corrected chi connectivity index (χ0v) is 16.3. The van der Waals surface area contributed by atoms with Crippen molar-refractivity contribution >= 4 is 22.5 Å². The van der Waals surface area contributed by atoms with E-state index in [1.54, 1.807) is 0 Å².